The first-order chi connectivity index (χ1) is 13.7. The van der Waals surface area contributed by atoms with Gasteiger partial charge in [0.15, 0.2) is 5.78 Å². The highest BCUT2D eigenvalue weighted by Gasteiger charge is 2.23. The van der Waals surface area contributed by atoms with Gasteiger partial charge in [-0.05, 0) is 35.4 Å². The lowest BCUT2D eigenvalue weighted by Crippen LogP contribution is -2.43. The highest BCUT2D eigenvalue weighted by Crippen LogP contribution is 2.17. The minimum absolute atomic E-state index is 0.0981. The number of carbonyl (C=O) groups excluding carboxylic acids is 1. The fraction of sp³-hybridized carbons (Fsp3) is 0.333. The van der Waals surface area contributed by atoms with Crippen LogP contribution in [0, 0.1) is 5.92 Å². The molecule has 2 heterocycles. The van der Waals surface area contributed by atoms with E-state index < -0.39 is 17.0 Å². The van der Waals surface area contributed by atoms with Crippen molar-refractivity contribution in [3.63, 3.8) is 0 Å². The van der Waals surface area contributed by atoms with Crippen LogP contribution in [-0.4, -0.2) is 35.1 Å². The summed E-state index contributed by atoms with van der Waals surface area (Å²) in [4.78, 5) is 38.8. The van der Waals surface area contributed by atoms with Gasteiger partial charge in [0.25, 0.3) is 5.56 Å². The Balaban J connectivity index is 1.94. The lowest BCUT2D eigenvalue weighted by atomic mass is 10.1. The number of nitrogen functional groups attached to an aromatic ring is 1. The second-order valence-corrected chi connectivity index (χ2v) is 7.90. The van der Waals surface area contributed by atoms with Crippen LogP contribution in [0.15, 0.2) is 38.3 Å². The molecule has 11 heteroatoms. The normalized spacial score (nSPS) is 11.2. The molecule has 0 amide bonds. The summed E-state index contributed by atoms with van der Waals surface area (Å²) in [7, 11) is 1.32. The molecule has 2 N–H and O–H groups in total. The number of benzene rings is 1. The Morgan fingerprint density at radius 1 is 1.21 bits per heavy atom. The Labute approximate surface area is 174 Å². The van der Waals surface area contributed by atoms with Crippen LogP contribution in [0.1, 0.15) is 24.2 Å². The Kier molecular flexibility index (Phi) is 5.78. The predicted molar refractivity (Wildman–Crippen MR) is 110 cm³/mol. The van der Waals surface area contributed by atoms with Gasteiger partial charge < -0.3 is 5.73 Å². The van der Waals surface area contributed by atoms with Crippen LogP contribution in [0.3, 0.4) is 0 Å². The van der Waals surface area contributed by atoms with Crippen molar-refractivity contribution in [2.45, 2.75) is 26.9 Å². The van der Waals surface area contributed by atoms with Crippen molar-refractivity contribution >= 4 is 27.5 Å². The number of nitrogens with zero attached hydrogens (tertiary/aromatic N) is 6. The number of tetrazole rings is 1. The van der Waals surface area contributed by atoms with Crippen LogP contribution in [0.25, 0.3) is 11.4 Å². The Morgan fingerprint density at radius 3 is 2.48 bits per heavy atom. The highest BCUT2D eigenvalue weighted by atomic mass is 79.9. The van der Waals surface area contributed by atoms with E-state index in [0.717, 1.165) is 19.4 Å². The molecule has 29 heavy (non-hydrogen) atoms. The van der Waals surface area contributed by atoms with Crippen molar-refractivity contribution in [1.82, 2.24) is 29.3 Å². The molecule has 0 atom stereocenters. The number of nitrogens with two attached hydrogens (primary N) is 1. The molecule has 3 rings (SSSR count). The fourth-order valence-corrected chi connectivity index (χ4v) is 3.08. The molecule has 1 aromatic carbocycles. The van der Waals surface area contributed by atoms with Gasteiger partial charge in [0.1, 0.15) is 17.9 Å². The molecule has 0 aliphatic carbocycles. The minimum atomic E-state index is -0.745. The van der Waals surface area contributed by atoms with Crippen molar-refractivity contribution in [1.29, 1.82) is 0 Å². The van der Waals surface area contributed by atoms with Gasteiger partial charge in [-0.3, -0.25) is 18.7 Å². The molecule has 0 spiro atoms. The average Bonchev–Trinajstić information content (AvgIpc) is 3.12. The predicted octanol–water partition coefficient (Wildman–Crippen LogP) is 1.08. The number of Topliss-reactive ketones (excluding diaryl/α,β-unsaturated/α-hetero) is 1. The Morgan fingerprint density at radius 2 is 1.86 bits per heavy atom. The largest absolute Gasteiger partial charge is 0.384 e. The van der Waals surface area contributed by atoms with Crippen molar-refractivity contribution in [3.05, 3.63) is 55.1 Å². The molecule has 10 nitrogen and oxygen atoms in total. The van der Waals surface area contributed by atoms with Gasteiger partial charge in [0, 0.05) is 23.6 Å². The lowest BCUT2D eigenvalue weighted by molar-refractivity contribution is 0.0959. The summed E-state index contributed by atoms with van der Waals surface area (Å²) in [6.45, 7) is 3.76. The van der Waals surface area contributed by atoms with E-state index in [2.05, 4.69) is 31.3 Å². The summed E-state index contributed by atoms with van der Waals surface area (Å²) >= 11 is 3.35. The molecule has 3 aromatic rings. The molecule has 0 radical (unpaired) electrons. The summed E-state index contributed by atoms with van der Waals surface area (Å²) in [5.41, 5.74) is 5.20. The highest BCUT2D eigenvalue weighted by molar-refractivity contribution is 9.10. The third-order valence-electron chi connectivity index (χ3n) is 4.25. The molecular formula is C18H20BrN7O3. The maximum Gasteiger partial charge on any atom is 0.332 e. The molecule has 0 aliphatic heterocycles. The maximum atomic E-state index is 12.8. The molecule has 152 valence electrons. The van der Waals surface area contributed by atoms with Crippen molar-refractivity contribution in [2.24, 2.45) is 13.0 Å². The summed E-state index contributed by atoms with van der Waals surface area (Å²) < 4.78 is 3.03. The number of hydrogen-bond donors (Lipinski definition) is 1. The van der Waals surface area contributed by atoms with E-state index in [0.29, 0.717) is 5.82 Å². The van der Waals surface area contributed by atoms with Crippen molar-refractivity contribution in [3.8, 4) is 11.4 Å². The molecule has 0 aliphatic rings. The smallest absolute Gasteiger partial charge is 0.332 e. The second-order valence-electron chi connectivity index (χ2n) is 6.98. The van der Waals surface area contributed by atoms with Crippen molar-refractivity contribution in [2.75, 3.05) is 5.73 Å². The van der Waals surface area contributed by atoms with Crippen LogP contribution in [-0.2, 0) is 20.1 Å². The second kappa shape index (κ2) is 8.11. The quantitative estimate of drug-likeness (QED) is 0.543. The van der Waals surface area contributed by atoms with E-state index in [1.807, 2.05) is 38.1 Å². The first kappa shape index (κ1) is 20.6. The molecule has 0 bridgehead atoms. The monoisotopic (exact) mass is 461 g/mol. The van der Waals surface area contributed by atoms with Gasteiger partial charge in [-0.15, -0.1) is 10.2 Å². The van der Waals surface area contributed by atoms with Gasteiger partial charge in [-0.25, -0.2) is 4.79 Å². The number of anilines is 1. The number of halogens is 1. The zero-order valence-electron chi connectivity index (χ0n) is 16.2. The average molecular weight is 462 g/mol. The van der Waals surface area contributed by atoms with Crippen LogP contribution in [0.2, 0.25) is 0 Å². The first-order valence-corrected chi connectivity index (χ1v) is 9.64. The number of hydrogen-bond acceptors (Lipinski definition) is 7. The van der Waals surface area contributed by atoms with Crippen LogP contribution in [0.4, 0.5) is 5.82 Å². The zero-order chi connectivity index (χ0) is 21.3. The summed E-state index contributed by atoms with van der Waals surface area (Å²) in [6.07, 6.45) is 0. The summed E-state index contributed by atoms with van der Waals surface area (Å²) in [5.74, 6) is -0.303. The van der Waals surface area contributed by atoms with E-state index in [1.54, 1.807) is 0 Å². The van der Waals surface area contributed by atoms with Gasteiger partial charge in [0.2, 0.25) is 5.82 Å². The van der Waals surface area contributed by atoms with E-state index in [-0.39, 0.29) is 30.4 Å². The number of aromatic nitrogens is 6. The van der Waals surface area contributed by atoms with Crippen LogP contribution in [0.5, 0.6) is 0 Å². The van der Waals surface area contributed by atoms with Gasteiger partial charge >= 0.3 is 5.69 Å². The van der Waals surface area contributed by atoms with Gasteiger partial charge in [-0.1, -0.05) is 29.8 Å². The topological polar surface area (TPSA) is 131 Å². The Hall–Kier alpha value is -3.08. The Bertz CT molecular complexity index is 1180. The van der Waals surface area contributed by atoms with E-state index >= 15 is 0 Å². The van der Waals surface area contributed by atoms with E-state index in [4.69, 9.17) is 5.73 Å². The SMILES string of the molecule is CC(C)Cn1c(N)c(C(=O)Cn2nnc(-c3ccc(Br)cc3)n2)c(=O)n(C)c1=O. The number of carbonyl (C=O) groups is 1. The van der Waals surface area contributed by atoms with Crippen LogP contribution < -0.4 is 17.0 Å². The number of rotatable bonds is 6. The number of ketones is 1. The molecule has 0 saturated heterocycles. The van der Waals surface area contributed by atoms with Gasteiger partial charge in [0.05, 0.1) is 0 Å². The summed E-state index contributed by atoms with van der Waals surface area (Å²) in [5, 5.41) is 12.0. The molecular weight excluding hydrogens is 442 g/mol. The summed E-state index contributed by atoms with van der Waals surface area (Å²) in [6, 6.07) is 7.29. The fourth-order valence-electron chi connectivity index (χ4n) is 2.82. The van der Waals surface area contributed by atoms with E-state index in [9.17, 15) is 14.4 Å². The molecule has 2 aromatic heterocycles. The maximum absolute atomic E-state index is 12.8. The zero-order valence-corrected chi connectivity index (χ0v) is 17.8. The standard InChI is InChI=1S/C18H20BrN7O3/c1-10(2)8-25-15(20)14(17(28)24(3)18(25)29)13(27)9-26-22-16(21-23-26)11-4-6-12(19)7-5-11/h4-7,10H,8-9,20H2,1-3H3. The minimum Gasteiger partial charge on any atom is -0.384 e. The molecule has 0 unspecified atom stereocenters. The first-order valence-electron chi connectivity index (χ1n) is 8.85. The lowest BCUT2D eigenvalue weighted by Gasteiger charge is -2.15. The molecule has 0 fully saturated rings. The molecule has 0 saturated carbocycles. The third-order valence-corrected chi connectivity index (χ3v) is 4.78. The third kappa shape index (κ3) is 4.19. The van der Waals surface area contributed by atoms with Crippen molar-refractivity contribution < 1.29 is 4.79 Å². The van der Waals surface area contributed by atoms with Gasteiger partial charge in [-0.2, -0.15) is 4.80 Å². The van der Waals surface area contributed by atoms with Crippen LogP contribution >= 0.6 is 15.9 Å². The van der Waals surface area contributed by atoms with E-state index in [1.165, 1.54) is 11.6 Å².